The van der Waals surface area contributed by atoms with Gasteiger partial charge in [-0.2, -0.15) is 0 Å². The largest absolute Gasteiger partial charge is 0.463 e. The van der Waals surface area contributed by atoms with Gasteiger partial charge in [-0.05, 0) is 12.8 Å². The summed E-state index contributed by atoms with van der Waals surface area (Å²) in [5.74, 6) is -0.817. The molecule has 0 amide bonds. The fourth-order valence-electron chi connectivity index (χ4n) is 2.61. The summed E-state index contributed by atoms with van der Waals surface area (Å²) in [5, 5.41) is 0. The van der Waals surface area contributed by atoms with Crippen LogP contribution in [0.2, 0.25) is 0 Å². The Morgan fingerprint density at radius 2 is 1.64 bits per heavy atom. The lowest BCUT2D eigenvalue weighted by Crippen LogP contribution is -2.53. The van der Waals surface area contributed by atoms with E-state index in [-0.39, 0.29) is 18.8 Å². The molecule has 0 spiro atoms. The molecule has 1 aliphatic rings. The van der Waals surface area contributed by atoms with Crippen molar-refractivity contribution in [1.29, 1.82) is 0 Å². The van der Waals surface area contributed by atoms with Crippen LogP contribution in [0.15, 0.2) is 0 Å². The van der Waals surface area contributed by atoms with Crippen molar-refractivity contribution in [2.24, 2.45) is 0 Å². The summed E-state index contributed by atoms with van der Waals surface area (Å²) in [7, 11) is 0. The highest BCUT2D eigenvalue weighted by atomic mass is 16.7. The van der Waals surface area contributed by atoms with Gasteiger partial charge in [0.2, 0.25) is 6.29 Å². The molecule has 0 radical (unpaired) electrons. The minimum absolute atomic E-state index is 0.0392. The molecule has 1 aliphatic heterocycles. The molecule has 0 bridgehead atoms. The zero-order valence-corrected chi connectivity index (χ0v) is 15.8. The third-order valence-electron chi connectivity index (χ3n) is 3.87. The lowest BCUT2D eigenvalue weighted by atomic mass is 10.0. The number of hydrogen-bond donors (Lipinski definition) is 0. The maximum atomic E-state index is 11.3. The van der Waals surface area contributed by atoms with Gasteiger partial charge in [-0.3, -0.25) is 9.59 Å². The molecule has 146 valence electrons. The zero-order chi connectivity index (χ0) is 18.7. The fourth-order valence-corrected chi connectivity index (χ4v) is 2.61. The van der Waals surface area contributed by atoms with Crippen molar-refractivity contribution in [2.75, 3.05) is 19.8 Å². The first kappa shape index (κ1) is 21.9. The summed E-state index contributed by atoms with van der Waals surface area (Å²) in [6, 6.07) is 0. The number of hydrogen-bond acceptors (Lipinski definition) is 7. The van der Waals surface area contributed by atoms with Crippen LogP contribution in [0, 0.1) is 0 Å². The van der Waals surface area contributed by atoms with Crippen molar-refractivity contribution in [2.45, 2.75) is 84.4 Å². The first-order valence-corrected chi connectivity index (χ1v) is 9.17. The van der Waals surface area contributed by atoms with Crippen LogP contribution in [0.3, 0.4) is 0 Å². The standard InChI is InChI=1S/C18H32O7/c1-5-7-9-21-15-11-17(24-14(4)20)25-16(12-23-13(3)19)18(15)22-10-8-6-2/h15-18H,5-12H2,1-4H3. The van der Waals surface area contributed by atoms with E-state index in [1.165, 1.54) is 13.8 Å². The number of ether oxygens (including phenoxy) is 5. The minimum atomic E-state index is -0.726. The predicted octanol–water partition coefficient (Wildman–Crippen LogP) is 2.60. The van der Waals surface area contributed by atoms with Gasteiger partial charge in [0.25, 0.3) is 0 Å². The van der Waals surface area contributed by atoms with Crippen LogP contribution in [0.5, 0.6) is 0 Å². The van der Waals surface area contributed by atoms with Crippen LogP contribution in [0.1, 0.15) is 59.8 Å². The van der Waals surface area contributed by atoms with E-state index in [1.807, 2.05) is 0 Å². The van der Waals surface area contributed by atoms with Crippen LogP contribution in [0.25, 0.3) is 0 Å². The first-order chi connectivity index (χ1) is 12.0. The molecule has 0 saturated carbocycles. The Hall–Kier alpha value is -1.18. The summed E-state index contributed by atoms with van der Waals surface area (Å²) in [5.41, 5.74) is 0. The highest BCUT2D eigenvalue weighted by Gasteiger charge is 2.42. The molecule has 1 fully saturated rings. The molecule has 4 atom stereocenters. The third-order valence-corrected chi connectivity index (χ3v) is 3.87. The van der Waals surface area contributed by atoms with E-state index in [0.29, 0.717) is 19.6 Å². The Labute approximate surface area is 150 Å². The average Bonchev–Trinajstić information content (AvgIpc) is 2.54. The molecule has 4 unspecified atom stereocenters. The number of esters is 2. The summed E-state index contributed by atoms with van der Waals surface area (Å²) >= 11 is 0. The minimum Gasteiger partial charge on any atom is -0.463 e. The molecular weight excluding hydrogens is 328 g/mol. The summed E-state index contributed by atoms with van der Waals surface area (Å²) < 4.78 is 28.1. The maximum Gasteiger partial charge on any atom is 0.304 e. The van der Waals surface area contributed by atoms with E-state index in [0.717, 1.165) is 25.7 Å². The molecule has 1 heterocycles. The Bertz CT molecular complexity index is 399. The molecule has 0 aromatic rings. The maximum absolute atomic E-state index is 11.3. The van der Waals surface area contributed by atoms with Gasteiger partial charge in [0.15, 0.2) is 0 Å². The Morgan fingerprint density at radius 3 is 2.20 bits per heavy atom. The molecule has 1 saturated heterocycles. The topological polar surface area (TPSA) is 80.3 Å². The van der Waals surface area contributed by atoms with Crippen LogP contribution >= 0.6 is 0 Å². The van der Waals surface area contributed by atoms with Gasteiger partial charge in [-0.1, -0.05) is 26.7 Å². The van der Waals surface area contributed by atoms with Crippen molar-refractivity contribution in [3.63, 3.8) is 0 Å². The number of carbonyl (C=O) groups is 2. The number of unbranched alkanes of at least 4 members (excludes halogenated alkanes) is 2. The summed E-state index contributed by atoms with van der Waals surface area (Å²) in [4.78, 5) is 22.5. The molecule has 0 N–H and O–H groups in total. The normalized spacial score (nSPS) is 26.2. The first-order valence-electron chi connectivity index (χ1n) is 9.17. The predicted molar refractivity (Wildman–Crippen MR) is 91.0 cm³/mol. The summed E-state index contributed by atoms with van der Waals surface area (Å²) in [6.45, 7) is 8.07. The quantitative estimate of drug-likeness (QED) is 0.414. The average molecular weight is 360 g/mol. The van der Waals surface area contributed by atoms with Gasteiger partial charge in [-0.15, -0.1) is 0 Å². The van der Waals surface area contributed by atoms with Crippen molar-refractivity contribution >= 4 is 11.9 Å². The lowest BCUT2D eigenvalue weighted by molar-refractivity contribution is -0.266. The zero-order valence-electron chi connectivity index (χ0n) is 15.8. The van der Waals surface area contributed by atoms with E-state index in [1.54, 1.807) is 0 Å². The smallest absolute Gasteiger partial charge is 0.304 e. The van der Waals surface area contributed by atoms with E-state index < -0.39 is 24.3 Å². The second-order valence-corrected chi connectivity index (χ2v) is 6.20. The molecule has 25 heavy (non-hydrogen) atoms. The SMILES string of the molecule is CCCCOC1CC(OC(C)=O)OC(COC(C)=O)C1OCCCC. The molecule has 7 nitrogen and oxygen atoms in total. The number of rotatable bonds is 11. The second-order valence-electron chi connectivity index (χ2n) is 6.20. The molecule has 0 aromatic carbocycles. The Kier molecular flexibility index (Phi) is 10.7. The van der Waals surface area contributed by atoms with Gasteiger partial charge >= 0.3 is 11.9 Å². The fraction of sp³-hybridized carbons (Fsp3) is 0.889. The molecular formula is C18H32O7. The van der Waals surface area contributed by atoms with Crippen LogP contribution in [-0.4, -0.2) is 56.4 Å². The van der Waals surface area contributed by atoms with Crippen LogP contribution < -0.4 is 0 Å². The van der Waals surface area contributed by atoms with E-state index in [9.17, 15) is 9.59 Å². The lowest BCUT2D eigenvalue weighted by Gasteiger charge is -2.40. The molecule has 1 rings (SSSR count). The van der Waals surface area contributed by atoms with Gasteiger partial charge in [0, 0.05) is 33.5 Å². The summed E-state index contributed by atoms with van der Waals surface area (Å²) in [6.07, 6.45) is 2.39. The van der Waals surface area contributed by atoms with Gasteiger partial charge < -0.3 is 23.7 Å². The van der Waals surface area contributed by atoms with Gasteiger partial charge in [0.05, 0.1) is 6.10 Å². The van der Waals surface area contributed by atoms with E-state index in [2.05, 4.69) is 13.8 Å². The van der Waals surface area contributed by atoms with Crippen molar-refractivity contribution in [3.8, 4) is 0 Å². The van der Waals surface area contributed by atoms with Gasteiger partial charge in [0.1, 0.15) is 18.8 Å². The highest BCUT2D eigenvalue weighted by Crippen LogP contribution is 2.27. The monoisotopic (exact) mass is 360 g/mol. The van der Waals surface area contributed by atoms with Crippen molar-refractivity contribution in [3.05, 3.63) is 0 Å². The van der Waals surface area contributed by atoms with Crippen LogP contribution in [0.4, 0.5) is 0 Å². The van der Waals surface area contributed by atoms with Gasteiger partial charge in [-0.25, -0.2) is 0 Å². The Balaban J connectivity index is 2.80. The van der Waals surface area contributed by atoms with Crippen molar-refractivity contribution in [1.82, 2.24) is 0 Å². The second kappa shape index (κ2) is 12.2. The van der Waals surface area contributed by atoms with Crippen molar-refractivity contribution < 1.29 is 33.3 Å². The molecule has 0 aliphatic carbocycles. The molecule has 0 aromatic heterocycles. The molecule has 7 heteroatoms. The highest BCUT2D eigenvalue weighted by molar-refractivity contribution is 5.66. The third kappa shape index (κ3) is 8.65. The Morgan fingerprint density at radius 1 is 1.00 bits per heavy atom. The van der Waals surface area contributed by atoms with Crippen LogP contribution in [-0.2, 0) is 33.3 Å². The van der Waals surface area contributed by atoms with E-state index >= 15 is 0 Å². The van der Waals surface area contributed by atoms with E-state index in [4.69, 9.17) is 23.7 Å². The number of carbonyl (C=O) groups excluding carboxylic acids is 2.